The van der Waals surface area contributed by atoms with Crippen molar-refractivity contribution < 1.29 is 19.0 Å². The SMILES string of the molecule is Cc1ccc(O[C@@H]2C[C@H]3CC[C@@H](C2)N3C(=O)O)c(F)c1. The molecule has 1 amide bonds. The normalized spacial score (nSPS) is 28.5. The Morgan fingerprint density at radius 2 is 2.00 bits per heavy atom. The highest BCUT2D eigenvalue weighted by Gasteiger charge is 2.44. The van der Waals surface area contributed by atoms with E-state index in [9.17, 15) is 14.3 Å². The average molecular weight is 279 g/mol. The zero-order chi connectivity index (χ0) is 14.3. The van der Waals surface area contributed by atoms with Crippen molar-refractivity contribution in [3.05, 3.63) is 29.6 Å². The monoisotopic (exact) mass is 279 g/mol. The van der Waals surface area contributed by atoms with Crippen molar-refractivity contribution in [3.8, 4) is 5.75 Å². The first-order chi connectivity index (χ1) is 9.54. The van der Waals surface area contributed by atoms with Crippen LogP contribution in [-0.2, 0) is 0 Å². The molecule has 1 aromatic carbocycles. The number of hydrogen-bond donors (Lipinski definition) is 1. The van der Waals surface area contributed by atoms with Gasteiger partial charge in [-0.1, -0.05) is 6.07 Å². The summed E-state index contributed by atoms with van der Waals surface area (Å²) in [7, 11) is 0. The van der Waals surface area contributed by atoms with Crippen LogP contribution in [0.1, 0.15) is 31.2 Å². The molecule has 2 saturated heterocycles. The van der Waals surface area contributed by atoms with E-state index in [0.717, 1.165) is 18.4 Å². The molecule has 108 valence electrons. The van der Waals surface area contributed by atoms with E-state index < -0.39 is 6.09 Å². The summed E-state index contributed by atoms with van der Waals surface area (Å²) in [5, 5.41) is 9.19. The maximum absolute atomic E-state index is 13.8. The van der Waals surface area contributed by atoms with Crippen molar-refractivity contribution in [2.75, 3.05) is 0 Å². The number of nitrogens with zero attached hydrogens (tertiary/aromatic N) is 1. The van der Waals surface area contributed by atoms with Crippen LogP contribution in [0, 0.1) is 12.7 Å². The molecule has 0 aliphatic carbocycles. The fourth-order valence-electron chi connectivity index (χ4n) is 3.42. The molecular weight excluding hydrogens is 261 g/mol. The first-order valence-electron chi connectivity index (χ1n) is 6.98. The van der Waals surface area contributed by atoms with Gasteiger partial charge in [0.15, 0.2) is 11.6 Å². The van der Waals surface area contributed by atoms with Gasteiger partial charge < -0.3 is 14.7 Å². The van der Waals surface area contributed by atoms with E-state index >= 15 is 0 Å². The number of carbonyl (C=O) groups is 1. The number of benzene rings is 1. The Morgan fingerprint density at radius 1 is 1.35 bits per heavy atom. The van der Waals surface area contributed by atoms with Crippen LogP contribution in [0.15, 0.2) is 18.2 Å². The van der Waals surface area contributed by atoms with Gasteiger partial charge in [0.2, 0.25) is 0 Å². The Kier molecular flexibility index (Phi) is 3.28. The van der Waals surface area contributed by atoms with Gasteiger partial charge in [0.1, 0.15) is 6.10 Å². The minimum absolute atomic E-state index is 0.0183. The van der Waals surface area contributed by atoms with Crippen molar-refractivity contribution in [1.82, 2.24) is 4.90 Å². The summed E-state index contributed by atoms with van der Waals surface area (Å²) < 4.78 is 19.5. The molecule has 2 fully saturated rings. The van der Waals surface area contributed by atoms with Gasteiger partial charge in [-0.15, -0.1) is 0 Å². The predicted octanol–water partition coefficient (Wildman–Crippen LogP) is 3.19. The quantitative estimate of drug-likeness (QED) is 0.904. The third-order valence-corrected chi connectivity index (χ3v) is 4.29. The standard InChI is InChI=1S/C15H18FNO3/c1-9-2-5-14(13(16)6-9)20-12-7-10-3-4-11(8-12)17(10)15(18)19/h2,5-6,10-12H,3-4,7-8H2,1H3,(H,18,19)/t10-,11+,12-. The first-order valence-corrected chi connectivity index (χ1v) is 6.98. The highest BCUT2D eigenvalue weighted by atomic mass is 19.1. The van der Waals surface area contributed by atoms with E-state index in [2.05, 4.69) is 0 Å². The topological polar surface area (TPSA) is 49.8 Å². The number of ether oxygens (including phenoxy) is 1. The molecule has 5 heteroatoms. The predicted molar refractivity (Wildman–Crippen MR) is 71.5 cm³/mol. The molecule has 0 aromatic heterocycles. The molecule has 2 aliphatic heterocycles. The van der Waals surface area contributed by atoms with E-state index in [1.54, 1.807) is 11.0 Å². The van der Waals surface area contributed by atoms with Crippen LogP contribution in [0.4, 0.5) is 9.18 Å². The van der Waals surface area contributed by atoms with Gasteiger partial charge in [0.25, 0.3) is 0 Å². The highest BCUT2D eigenvalue weighted by molar-refractivity contribution is 5.66. The second kappa shape index (κ2) is 4.96. The molecule has 0 spiro atoms. The summed E-state index contributed by atoms with van der Waals surface area (Å²) in [5.74, 6) is -0.0817. The Labute approximate surface area is 117 Å². The Hall–Kier alpha value is -1.78. The maximum atomic E-state index is 13.8. The molecule has 0 saturated carbocycles. The molecular formula is C15H18FNO3. The van der Waals surface area contributed by atoms with Gasteiger partial charge in [-0.2, -0.15) is 0 Å². The second-order valence-corrected chi connectivity index (χ2v) is 5.72. The number of halogens is 1. The van der Waals surface area contributed by atoms with Crippen LogP contribution in [0.5, 0.6) is 5.75 Å². The zero-order valence-electron chi connectivity index (χ0n) is 11.4. The van der Waals surface area contributed by atoms with Gasteiger partial charge in [-0.25, -0.2) is 9.18 Å². The fourth-order valence-corrected chi connectivity index (χ4v) is 3.42. The Bertz CT molecular complexity index is 520. The van der Waals surface area contributed by atoms with Gasteiger partial charge in [-0.3, -0.25) is 0 Å². The van der Waals surface area contributed by atoms with Crippen molar-refractivity contribution in [1.29, 1.82) is 0 Å². The van der Waals surface area contributed by atoms with Crippen LogP contribution >= 0.6 is 0 Å². The number of rotatable bonds is 2. The van der Waals surface area contributed by atoms with E-state index in [1.165, 1.54) is 6.07 Å². The van der Waals surface area contributed by atoms with E-state index in [4.69, 9.17) is 4.74 Å². The number of carboxylic acid groups (broad SMARTS) is 1. The van der Waals surface area contributed by atoms with Gasteiger partial charge in [0.05, 0.1) is 0 Å². The number of aryl methyl sites for hydroxylation is 1. The molecule has 2 bridgehead atoms. The van der Waals surface area contributed by atoms with Crippen molar-refractivity contribution in [3.63, 3.8) is 0 Å². The lowest BCUT2D eigenvalue weighted by Gasteiger charge is -2.37. The molecule has 0 unspecified atom stereocenters. The average Bonchev–Trinajstić information content (AvgIpc) is 2.65. The molecule has 1 N–H and O–H groups in total. The van der Waals surface area contributed by atoms with Crippen molar-refractivity contribution >= 4 is 6.09 Å². The molecule has 1 aromatic rings. The van der Waals surface area contributed by atoms with Crippen molar-refractivity contribution in [2.45, 2.75) is 50.8 Å². The zero-order valence-corrected chi connectivity index (χ0v) is 11.4. The number of piperidine rings is 1. The highest BCUT2D eigenvalue weighted by Crippen LogP contribution is 2.37. The molecule has 4 nitrogen and oxygen atoms in total. The lowest BCUT2D eigenvalue weighted by molar-refractivity contribution is 0.0479. The maximum Gasteiger partial charge on any atom is 0.407 e. The van der Waals surface area contributed by atoms with Crippen molar-refractivity contribution in [2.24, 2.45) is 0 Å². The largest absolute Gasteiger partial charge is 0.487 e. The Balaban J connectivity index is 1.70. The minimum atomic E-state index is -0.850. The summed E-state index contributed by atoms with van der Waals surface area (Å²) >= 11 is 0. The van der Waals surface area contributed by atoms with Crippen LogP contribution < -0.4 is 4.74 Å². The summed E-state index contributed by atoms with van der Waals surface area (Å²) in [4.78, 5) is 12.7. The van der Waals surface area contributed by atoms with Gasteiger partial charge in [-0.05, 0) is 37.5 Å². The Morgan fingerprint density at radius 3 is 2.55 bits per heavy atom. The summed E-state index contributed by atoms with van der Waals surface area (Å²) in [6.45, 7) is 1.83. The van der Waals surface area contributed by atoms with Gasteiger partial charge in [0, 0.05) is 24.9 Å². The number of hydrogen-bond acceptors (Lipinski definition) is 2. The van der Waals surface area contributed by atoms with E-state index in [0.29, 0.717) is 12.8 Å². The van der Waals surface area contributed by atoms with Crippen LogP contribution in [0.3, 0.4) is 0 Å². The minimum Gasteiger partial charge on any atom is -0.487 e. The van der Waals surface area contributed by atoms with E-state index in [1.807, 2.05) is 13.0 Å². The number of fused-ring (bicyclic) bond motifs is 2. The lowest BCUT2D eigenvalue weighted by atomic mass is 10.00. The third-order valence-electron chi connectivity index (χ3n) is 4.29. The first kappa shape index (κ1) is 13.2. The molecule has 0 radical (unpaired) electrons. The lowest BCUT2D eigenvalue weighted by Crippen LogP contribution is -2.48. The summed E-state index contributed by atoms with van der Waals surface area (Å²) in [6.07, 6.45) is 2.12. The molecule has 2 heterocycles. The van der Waals surface area contributed by atoms with Crippen LogP contribution in [-0.4, -0.2) is 34.3 Å². The summed E-state index contributed by atoms with van der Waals surface area (Å²) in [6, 6.07) is 4.96. The smallest absolute Gasteiger partial charge is 0.407 e. The van der Waals surface area contributed by atoms with Crippen LogP contribution in [0.25, 0.3) is 0 Å². The second-order valence-electron chi connectivity index (χ2n) is 5.72. The number of amides is 1. The molecule has 3 atom stereocenters. The summed E-state index contributed by atoms with van der Waals surface area (Å²) in [5.41, 5.74) is 0.857. The fraction of sp³-hybridized carbons (Fsp3) is 0.533. The molecule has 20 heavy (non-hydrogen) atoms. The van der Waals surface area contributed by atoms with Gasteiger partial charge >= 0.3 is 6.09 Å². The van der Waals surface area contributed by atoms with Crippen LogP contribution in [0.2, 0.25) is 0 Å². The molecule has 2 aliphatic rings. The molecule has 3 rings (SSSR count). The van der Waals surface area contributed by atoms with E-state index in [-0.39, 0.29) is 29.8 Å². The third kappa shape index (κ3) is 2.32.